The zero-order valence-corrected chi connectivity index (χ0v) is 12.0. The molecule has 0 aliphatic carbocycles. The minimum atomic E-state index is -0.811. The van der Waals surface area contributed by atoms with Crippen LogP contribution in [0.1, 0.15) is 36.5 Å². The lowest BCUT2D eigenvalue weighted by molar-refractivity contribution is -0.138. The van der Waals surface area contributed by atoms with Gasteiger partial charge in [-0.3, -0.25) is 9.59 Å². The lowest BCUT2D eigenvalue weighted by Gasteiger charge is -2.35. The molecule has 2 atom stereocenters. The highest BCUT2D eigenvalue weighted by atomic mass is 19.1. The number of nitrogens with zero attached hydrogens (tertiary/aromatic N) is 2. The number of aromatic nitrogens is 1. The predicted octanol–water partition coefficient (Wildman–Crippen LogP) is 2.18. The van der Waals surface area contributed by atoms with E-state index in [0.29, 0.717) is 18.7 Å². The molecule has 1 amide bonds. The van der Waals surface area contributed by atoms with Gasteiger partial charge in [0, 0.05) is 25.7 Å². The number of pyridine rings is 1. The fraction of sp³-hybridized carbons (Fsp3) is 0.533. The van der Waals surface area contributed by atoms with Crippen LogP contribution in [0.3, 0.4) is 0 Å². The number of halogens is 1. The molecule has 0 aromatic carbocycles. The van der Waals surface area contributed by atoms with E-state index in [0.717, 1.165) is 12.8 Å². The molecule has 0 spiro atoms. The van der Waals surface area contributed by atoms with Crippen molar-refractivity contribution in [3.63, 3.8) is 0 Å². The van der Waals surface area contributed by atoms with Gasteiger partial charge in [0.1, 0.15) is 0 Å². The molecule has 1 saturated heterocycles. The van der Waals surface area contributed by atoms with Crippen LogP contribution in [0.2, 0.25) is 0 Å². The second kappa shape index (κ2) is 6.65. The number of amides is 1. The molecular formula is C15H19FN2O3. The largest absolute Gasteiger partial charge is 0.481 e. The minimum absolute atomic E-state index is 0.0319. The van der Waals surface area contributed by atoms with Crippen LogP contribution < -0.4 is 0 Å². The van der Waals surface area contributed by atoms with Gasteiger partial charge in [0.05, 0.1) is 5.56 Å². The van der Waals surface area contributed by atoms with Crippen molar-refractivity contribution in [2.75, 3.05) is 13.1 Å². The first-order valence-electron chi connectivity index (χ1n) is 7.10. The summed E-state index contributed by atoms with van der Waals surface area (Å²) in [4.78, 5) is 28.4. The zero-order valence-electron chi connectivity index (χ0n) is 12.0. The number of carbonyl (C=O) groups is 2. The number of aliphatic carboxylic acids is 1. The highest BCUT2D eigenvalue weighted by molar-refractivity contribution is 5.93. The molecule has 2 rings (SSSR count). The van der Waals surface area contributed by atoms with Crippen molar-refractivity contribution in [2.24, 2.45) is 11.8 Å². The molecule has 1 fully saturated rings. The molecule has 5 nitrogen and oxygen atoms in total. The Balaban J connectivity index is 2.01. The Kier molecular flexibility index (Phi) is 4.88. The van der Waals surface area contributed by atoms with Gasteiger partial charge < -0.3 is 10.0 Å². The van der Waals surface area contributed by atoms with Crippen molar-refractivity contribution in [1.82, 2.24) is 9.88 Å². The van der Waals surface area contributed by atoms with E-state index in [2.05, 4.69) is 4.98 Å². The van der Waals surface area contributed by atoms with Crippen molar-refractivity contribution in [3.8, 4) is 0 Å². The van der Waals surface area contributed by atoms with Crippen molar-refractivity contribution >= 4 is 11.9 Å². The quantitative estimate of drug-likeness (QED) is 0.864. The normalized spacial score (nSPS) is 20.1. The van der Waals surface area contributed by atoms with Gasteiger partial charge >= 0.3 is 5.97 Å². The van der Waals surface area contributed by atoms with Crippen LogP contribution in [-0.4, -0.2) is 40.0 Å². The van der Waals surface area contributed by atoms with Gasteiger partial charge in [-0.1, -0.05) is 6.92 Å². The van der Waals surface area contributed by atoms with E-state index in [4.69, 9.17) is 5.11 Å². The van der Waals surface area contributed by atoms with Gasteiger partial charge in [-0.25, -0.2) is 4.98 Å². The number of piperidine rings is 1. The van der Waals surface area contributed by atoms with Crippen LogP contribution in [0.25, 0.3) is 0 Å². The number of hydrogen-bond acceptors (Lipinski definition) is 3. The molecule has 1 aliphatic rings. The number of carboxylic acids is 1. The Morgan fingerprint density at radius 1 is 1.52 bits per heavy atom. The maximum atomic E-state index is 12.8. The lowest BCUT2D eigenvalue weighted by atomic mass is 9.84. The fourth-order valence-electron chi connectivity index (χ4n) is 2.79. The Hall–Kier alpha value is -1.98. The Bertz CT molecular complexity index is 518. The smallest absolute Gasteiger partial charge is 0.303 e. The molecule has 1 aromatic heterocycles. The summed E-state index contributed by atoms with van der Waals surface area (Å²) in [6.45, 7) is 3.10. The summed E-state index contributed by atoms with van der Waals surface area (Å²) in [6, 6.07) is 2.59. The summed E-state index contributed by atoms with van der Waals surface area (Å²) in [7, 11) is 0. The fourth-order valence-corrected chi connectivity index (χ4v) is 2.79. The number of carboxylic acid groups (broad SMARTS) is 1. The first kappa shape index (κ1) is 15.4. The Morgan fingerprint density at radius 3 is 2.90 bits per heavy atom. The SMILES string of the molecule is CC(CC(=O)O)C1CCCN(C(=O)c2ccc(F)nc2)C1. The molecule has 21 heavy (non-hydrogen) atoms. The van der Waals surface area contributed by atoms with Gasteiger partial charge in [0.25, 0.3) is 5.91 Å². The van der Waals surface area contributed by atoms with E-state index >= 15 is 0 Å². The highest BCUT2D eigenvalue weighted by Crippen LogP contribution is 2.26. The van der Waals surface area contributed by atoms with E-state index in [-0.39, 0.29) is 24.2 Å². The van der Waals surface area contributed by atoms with Crippen LogP contribution in [0.15, 0.2) is 18.3 Å². The molecule has 2 heterocycles. The standard InChI is InChI=1S/C15H19FN2O3/c1-10(7-14(19)20)12-3-2-6-18(9-12)15(21)11-4-5-13(16)17-8-11/h4-5,8,10,12H,2-3,6-7,9H2,1H3,(H,19,20). The third-order valence-corrected chi connectivity index (χ3v) is 4.02. The molecule has 114 valence electrons. The molecule has 0 saturated carbocycles. The lowest BCUT2D eigenvalue weighted by Crippen LogP contribution is -2.42. The molecule has 6 heteroatoms. The second-order valence-corrected chi connectivity index (χ2v) is 5.60. The van der Waals surface area contributed by atoms with Crippen molar-refractivity contribution in [3.05, 3.63) is 29.8 Å². The molecule has 0 bridgehead atoms. The first-order valence-corrected chi connectivity index (χ1v) is 7.10. The summed E-state index contributed by atoms with van der Waals surface area (Å²) in [5.74, 6) is -1.38. The Labute approximate surface area is 122 Å². The summed E-state index contributed by atoms with van der Waals surface area (Å²) in [6.07, 6.45) is 3.14. The van der Waals surface area contributed by atoms with Crippen molar-refractivity contribution in [1.29, 1.82) is 0 Å². The van der Waals surface area contributed by atoms with Crippen LogP contribution >= 0.6 is 0 Å². The molecule has 1 N–H and O–H groups in total. The number of hydrogen-bond donors (Lipinski definition) is 1. The highest BCUT2D eigenvalue weighted by Gasteiger charge is 2.28. The first-order chi connectivity index (χ1) is 9.97. The number of carbonyl (C=O) groups excluding carboxylic acids is 1. The second-order valence-electron chi connectivity index (χ2n) is 5.60. The van der Waals surface area contributed by atoms with Crippen LogP contribution in [-0.2, 0) is 4.79 Å². The Morgan fingerprint density at radius 2 is 2.29 bits per heavy atom. The van der Waals surface area contributed by atoms with Crippen LogP contribution in [0.4, 0.5) is 4.39 Å². The molecule has 1 aromatic rings. The van der Waals surface area contributed by atoms with Gasteiger partial charge in [0.15, 0.2) is 0 Å². The molecular weight excluding hydrogens is 275 g/mol. The van der Waals surface area contributed by atoms with E-state index in [1.165, 1.54) is 18.3 Å². The van der Waals surface area contributed by atoms with Crippen molar-refractivity contribution < 1.29 is 19.1 Å². The van der Waals surface area contributed by atoms with Crippen LogP contribution in [0, 0.1) is 17.8 Å². The molecule has 2 unspecified atom stereocenters. The van der Waals surface area contributed by atoms with E-state index in [1.54, 1.807) is 4.90 Å². The predicted molar refractivity (Wildman–Crippen MR) is 74.2 cm³/mol. The van der Waals surface area contributed by atoms with Crippen LogP contribution in [0.5, 0.6) is 0 Å². The van der Waals surface area contributed by atoms with Gasteiger partial charge in [-0.05, 0) is 36.8 Å². The molecule has 1 aliphatic heterocycles. The van der Waals surface area contributed by atoms with Gasteiger partial charge in [0.2, 0.25) is 5.95 Å². The van der Waals surface area contributed by atoms with E-state index in [1.807, 2.05) is 6.92 Å². The average molecular weight is 294 g/mol. The van der Waals surface area contributed by atoms with Crippen molar-refractivity contribution in [2.45, 2.75) is 26.2 Å². The minimum Gasteiger partial charge on any atom is -0.481 e. The van der Waals surface area contributed by atoms with E-state index < -0.39 is 11.9 Å². The summed E-state index contributed by atoms with van der Waals surface area (Å²) < 4.78 is 12.8. The summed E-state index contributed by atoms with van der Waals surface area (Å²) in [5.41, 5.74) is 0.364. The summed E-state index contributed by atoms with van der Waals surface area (Å²) in [5, 5.41) is 8.87. The third kappa shape index (κ3) is 4.00. The average Bonchev–Trinajstić information content (AvgIpc) is 2.47. The zero-order chi connectivity index (χ0) is 15.4. The maximum Gasteiger partial charge on any atom is 0.303 e. The summed E-state index contributed by atoms with van der Waals surface area (Å²) >= 11 is 0. The van der Waals surface area contributed by atoms with E-state index in [9.17, 15) is 14.0 Å². The van der Waals surface area contributed by atoms with Gasteiger partial charge in [-0.15, -0.1) is 0 Å². The third-order valence-electron chi connectivity index (χ3n) is 4.02. The topological polar surface area (TPSA) is 70.5 Å². The number of likely N-dealkylation sites (tertiary alicyclic amines) is 1. The monoisotopic (exact) mass is 294 g/mol. The molecule has 0 radical (unpaired) electrons. The number of rotatable bonds is 4. The van der Waals surface area contributed by atoms with Gasteiger partial charge in [-0.2, -0.15) is 4.39 Å². The maximum absolute atomic E-state index is 12.8.